The van der Waals surface area contributed by atoms with Crippen molar-refractivity contribution in [1.29, 1.82) is 0 Å². The summed E-state index contributed by atoms with van der Waals surface area (Å²) in [6, 6.07) is 8.98. The molecular formula is C17H17FN4O2. The number of aromatic nitrogens is 2. The van der Waals surface area contributed by atoms with Crippen LogP contribution in [0.3, 0.4) is 0 Å². The molecule has 1 saturated heterocycles. The molecule has 2 heterocycles. The zero-order valence-electron chi connectivity index (χ0n) is 13.0. The van der Waals surface area contributed by atoms with Crippen LogP contribution in [0.2, 0.25) is 0 Å². The van der Waals surface area contributed by atoms with Crippen molar-refractivity contribution < 1.29 is 13.9 Å². The van der Waals surface area contributed by atoms with Crippen LogP contribution in [-0.2, 0) is 4.74 Å². The lowest BCUT2D eigenvalue weighted by Gasteiger charge is -2.21. The molecule has 1 aromatic heterocycles. The van der Waals surface area contributed by atoms with Gasteiger partial charge >= 0.3 is 6.09 Å². The minimum Gasteiger partial charge on any atom is -0.447 e. The number of nitrogens with zero attached hydrogens (tertiary/aromatic N) is 3. The number of rotatable bonds is 5. The third kappa shape index (κ3) is 2.89. The van der Waals surface area contributed by atoms with Crippen LogP contribution >= 0.6 is 0 Å². The Kier molecular flexibility index (Phi) is 3.76. The highest BCUT2D eigenvalue weighted by atomic mass is 19.1. The van der Waals surface area contributed by atoms with Gasteiger partial charge in [0, 0.05) is 6.54 Å². The number of benzene rings is 1. The Morgan fingerprint density at radius 3 is 2.83 bits per heavy atom. The topological polar surface area (TPSA) is 67.3 Å². The maximum absolute atomic E-state index is 14.3. The second-order valence-corrected chi connectivity index (χ2v) is 6.06. The van der Waals surface area contributed by atoms with E-state index >= 15 is 0 Å². The van der Waals surface area contributed by atoms with Crippen molar-refractivity contribution in [3.05, 3.63) is 47.9 Å². The molecule has 1 amide bonds. The van der Waals surface area contributed by atoms with Crippen LogP contribution in [0.4, 0.5) is 21.0 Å². The number of amides is 1. The molecule has 1 aliphatic carbocycles. The molecule has 124 valence electrons. The highest BCUT2D eigenvalue weighted by Gasteiger charge is 2.38. The van der Waals surface area contributed by atoms with Crippen LogP contribution in [0.15, 0.2) is 36.5 Å². The molecule has 24 heavy (non-hydrogen) atoms. The average molecular weight is 328 g/mol. The highest BCUT2D eigenvalue weighted by molar-refractivity contribution is 5.89. The van der Waals surface area contributed by atoms with Gasteiger partial charge in [-0.3, -0.25) is 0 Å². The van der Waals surface area contributed by atoms with Gasteiger partial charge in [0.15, 0.2) is 11.6 Å². The molecule has 1 atom stereocenters. The van der Waals surface area contributed by atoms with E-state index in [1.165, 1.54) is 17.7 Å². The second kappa shape index (κ2) is 6.07. The van der Waals surface area contributed by atoms with Crippen molar-refractivity contribution in [2.45, 2.75) is 18.9 Å². The molecule has 0 radical (unpaired) electrons. The summed E-state index contributed by atoms with van der Waals surface area (Å²) >= 11 is 0. The SMILES string of the molecule is O=C1OC[C@H](c2ccccc2)N1c1nc(NCC2CC2)ncc1F. The Hall–Kier alpha value is -2.70. The Labute approximate surface area is 138 Å². The quantitative estimate of drug-likeness (QED) is 0.913. The number of ether oxygens (including phenoxy) is 1. The lowest BCUT2D eigenvalue weighted by molar-refractivity contribution is 0.178. The van der Waals surface area contributed by atoms with E-state index in [1.807, 2.05) is 30.3 Å². The highest BCUT2D eigenvalue weighted by Crippen LogP contribution is 2.34. The van der Waals surface area contributed by atoms with E-state index in [1.54, 1.807) is 0 Å². The fourth-order valence-corrected chi connectivity index (χ4v) is 2.75. The molecule has 1 saturated carbocycles. The van der Waals surface area contributed by atoms with Crippen molar-refractivity contribution in [3.8, 4) is 0 Å². The summed E-state index contributed by atoms with van der Waals surface area (Å²) in [6.45, 7) is 0.925. The van der Waals surface area contributed by atoms with E-state index in [0.717, 1.165) is 18.3 Å². The third-order valence-electron chi connectivity index (χ3n) is 4.26. The van der Waals surface area contributed by atoms with Crippen molar-refractivity contribution in [3.63, 3.8) is 0 Å². The van der Waals surface area contributed by atoms with Gasteiger partial charge in [-0.25, -0.2) is 19.1 Å². The molecule has 6 nitrogen and oxygen atoms in total. The summed E-state index contributed by atoms with van der Waals surface area (Å²) in [5.74, 6) is 0.257. The molecule has 0 spiro atoms. The van der Waals surface area contributed by atoms with Gasteiger partial charge in [-0.2, -0.15) is 4.98 Å². The molecule has 0 bridgehead atoms. The lowest BCUT2D eigenvalue weighted by Crippen LogP contribution is -2.29. The number of halogens is 1. The number of hydrogen-bond acceptors (Lipinski definition) is 5. The van der Waals surface area contributed by atoms with Gasteiger partial charge in [0.2, 0.25) is 5.95 Å². The average Bonchev–Trinajstić information content (AvgIpc) is 3.36. The smallest absolute Gasteiger partial charge is 0.416 e. The van der Waals surface area contributed by atoms with E-state index in [0.29, 0.717) is 11.9 Å². The van der Waals surface area contributed by atoms with Crippen molar-refractivity contribution in [2.75, 3.05) is 23.4 Å². The molecule has 7 heteroatoms. The van der Waals surface area contributed by atoms with E-state index in [9.17, 15) is 9.18 Å². The Morgan fingerprint density at radius 2 is 2.08 bits per heavy atom. The molecule has 1 aliphatic heterocycles. The fraction of sp³-hybridized carbons (Fsp3) is 0.353. The van der Waals surface area contributed by atoms with Gasteiger partial charge in [-0.15, -0.1) is 0 Å². The third-order valence-corrected chi connectivity index (χ3v) is 4.26. The maximum atomic E-state index is 14.3. The van der Waals surface area contributed by atoms with Gasteiger partial charge in [-0.1, -0.05) is 30.3 Å². The first kappa shape index (κ1) is 14.9. The molecular weight excluding hydrogens is 311 g/mol. The van der Waals surface area contributed by atoms with Crippen molar-refractivity contribution in [2.24, 2.45) is 5.92 Å². The Bertz CT molecular complexity index is 752. The molecule has 2 aliphatic rings. The van der Waals surface area contributed by atoms with Gasteiger partial charge in [0.05, 0.1) is 6.20 Å². The van der Waals surface area contributed by atoms with E-state index in [-0.39, 0.29) is 12.4 Å². The molecule has 0 unspecified atom stereocenters. The summed E-state index contributed by atoms with van der Waals surface area (Å²) in [4.78, 5) is 21.6. The molecule has 4 rings (SSSR count). The van der Waals surface area contributed by atoms with Gasteiger partial charge in [-0.05, 0) is 24.3 Å². The first-order valence-electron chi connectivity index (χ1n) is 7.99. The molecule has 2 fully saturated rings. The van der Waals surface area contributed by atoms with Crippen molar-refractivity contribution >= 4 is 17.9 Å². The Morgan fingerprint density at radius 1 is 1.29 bits per heavy atom. The number of anilines is 2. The number of cyclic esters (lactones) is 1. The second-order valence-electron chi connectivity index (χ2n) is 6.06. The fourth-order valence-electron chi connectivity index (χ4n) is 2.75. The normalized spacial score (nSPS) is 20.1. The maximum Gasteiger partial charge on any atom is 0.416 e. The van der Waals surface area contributed by atoms with E-state index < -0.39 is 18.0 Å². The summed E-state index contributed by atoms with van der Waals surface area (Å²) in [6.07, 6.45) is 2.87. The van der Waals surface area contributed by atoms with Crippen LogP contribution in [0.5, 0.6) is 0 Å². The minimum absolute atomic E-state index is 0.0559. The summed E-state index contributed by atoms with van der Waals surface area (Å²) < 4.78 is 19.4. The first-order valence-corrected chi connectivity index (χ1v) is 7.99. The standard InChI is InChI=1S/C17H17FN4O2/c18-13-9-20-16(19-8-11-6-7-11)21-15(13)22-14(10-24-17(22)23)12-4-2-1-3-5-12/h1-5,9,11,14H,6-8,10H2,(H,19,20,21)/t14-/m1/s1. The largest absolute Gasteiger partial charge is 0.447 e. The number of carbonyl (C=O) groups excluding carboxylic acids is 1. The van der Waals surface area contributed by atoms with Crippen LogP contribution in [0.1, 0.15) is 24.4 Å². The predicted octanol–water partition coefficient (Wildman–Crippen LogP) is 3.14. The van der Waals surface area contributed by atoms with Crippen LogP contribution in [-0.4, -0.2) is 29.2 Å². The number of nitrogens with one attached hydrogen (secondary N) is 1. The first-order chi connectivity index (χ1) is 11.7. The van der Waals surface area contributed by atoms with E-state index in [4.69, 9.17) is 4.74 Å². The van der Waals surface area contributed by atoms with Crippen LogP contribution < -0.4 is 10.2 Å². The summed E-state index contributed by atoms with van der Waals surface area (Å²) in [5.41, 5.74) is 0.869. The van der Waals surface area contributed by atoms with Crippen LogP contribution in [0.25, 0.3) is 0 Å². The van der Waals surface area contributed by atoms with Gasteiger partial charge in [0.25, 0.3) is 0 Å². The minimum atomic E-state index is -0.647. The molecule has 1 N–H and O–H groups in total. The number of hydrogen-bond donors (Lipinski definition) is 1. The molecule has 1 aromatic carbocycles. The monoisotopic (exact) mass is 328 g/mol. The lowest BCUT2D eigenvalue weighted by atomic mass is 10.1. The zero-order valence-corrected chi connectivity index (χ0v) is 13.0. The van der Waals surface area contributed by atoms with Gasteiger partial charge in [0.1, 0.15) is 12.6 Å². The van der Waals surface area contributed by atoms with Crippen LogP contribution in [0, 0.1) is 11.7 Å². The van der Waals surface area contributed by atoms with Crippen molar-refractivity contribution in [1.82, 2.24) is 9.97 Å². The van der Waals surface area contributed by atoms with E-state index in [2.05, 4.69) is 15.3 Å². The molecule has 2 aromatic rings. The summed E-state index contributed by atoms with van der Waals surface area (Å²) in [5, 5.41) is 3.10. The number of carbonyl (C=O) groups is 1. The summed E-state index contributed by atoms with van der Waals surface area (Å²) in [7, 11) is 0. The van der Waals surface area contributed by atoms with Gasteiger partial charge < -0.3 is 10.1 Å². The Balaban J connectivity index is 1.64. The zero-order chi connectivity index (χ0) is 16.5. The predicted molar refractivity (Wildman–Crippen MR) is 86.2 cm³/mol.